The lowest BCUT2D eigenvalue weighted by atomic mass is 10.1. The maximum absolute atomic E-state index is 12.1. The van der Waals surface area contributed by atoms with Gasteiger partial charge in [0.05, 0.1) is 6.04 Å². The van der Waals surface area contributed by atoms with Crippen molar-refractivity contribution in [2.24, 2.45) is 0 Å². The average Bonchev–Trinajstić information content (AvgIpc) is 2.91. The maximum Gasteiger partial charge on any atom is 0.254 e. The summed E-state index contributed by atoms with van der Waals surface area (Å²) in [5, 5.41) is 15.7. The van der Waals surface area contributed by atoms with E-state index in [1.165, 1.54) is 11.3 Å². The summed E-state index contributed by atoms with van der Waals surface area (Å²) in [5.74, 6) is -0.393. The number of hydrogen-bond donors (Lipinski definition) is 2. The summed E-state index contributed by atoms with van der Waals surface area (Å²) in [5.41, 5.74) is 1.54. The van der Waals surface area contributed by atoms with Crippen molar-refractivity contribution in [1.29, 1.82) is 0 Å². The van der Waals surface area contributed by atoms with E-state index in [-0.39, 0.29) is 6.04 Å². The van der Waals surface area contributed by atoms with E-state index in [9.17, 15) is 9.90 Å². The largest absolute Gasteiger partial charge is 0.378 e. The molecule has 1 amide bonds. The number of aryl methyl sites for hydroxylation is 1. The van der Waals surface area contributed by atoms with Crippen LogP contribution in [0.15, 0.2) is 35.7 Å². The topological polar surface area (TPSA) is 62.2 Å². The second kappa shape index (κ2) is 6.63. The third-order valence-electron chi connectivity index (χ3n) is 3.02. The highest BCUT2D eigenvalue weighted by molar-refractivity contribution is 7.09. The zero-order chi connectivity index (χ0) is 14.5. The third kappa shape index (κ3) is 3.43. The van der Waals surface area contributed by atoms with Gasteiger partial charge in [0.25, 0.3) is 5.91 Å². The normalized spacial score (nSPS) is 13.8. The maximum atomic E-state index is 12.1. The molecule has 1 aromatic heterocycles. The zero-order valence-electron chi connectivity index (χ0n) is 11.5. The van der Waals surface area contributed by atoms with Crippen molar-refractivity contribution in [3.8, 4) is 0 Å². The Morgan fingerprint density at radius 3 is 2.65 bits per heavy atom. The highest BCUT2D eigenvalue weighted by Gasteiger charge is 2.22. The van der Waals surface area contributed by atoms with Gasteiger partial charge < -0.3 is 10.4 Å². The van der Waals surface area contributed by atoms with Gasteiger partial charge >= 0.3 is 0 Å². The molecule has 106 valence electrons. The number of aliphatic hydroxyl groups is 1. The summed E-state index contributed by atoms with van der Waals surface area (Å²) in [6.45, 7) is 3.91. The first-order valence-electron chi connectivity index (χ1n) is 6.57. The number of nitrogens with zero attached hydrogens (tertiary/aromatic N) is 1. The first-order valence-corrected chi connectivity index (χ1v) is 7.45. The van der Waals surface area contributed by atoms with Crippen LogP contribution in [0.3, 0.4) is 0 Å². The first-order chi connectivity index (χ1) is 9.61. The van der Waals surface area contributed by atoms with Gasteiger partial charge in [-0.3, -0.25) is 4.79 Å². The molecule has 2 atom stereocenters. The molecule has 0 saturated carbocycles. The summed E-state index contributed by atoms with van der Waals surface area (Å²) in [7, 11) is 0. The number of amides is 1. The molecule has 0 fully saturated rings. The number of thiazole rings is 1. The summed E-state index contributed by atoms with van der Waals surface area (Å²) in [6.07, 6.45) is -0.411. The van der Waals surface area contributed by atoms with Crippen LogP contribution in [0.25, 0.3) is 0 Å². The Morgan fingerprint density at radius 1 is 1.40 bits per heavy atom. The summed E-state index contributed by atoms with van der Waals surface area (Å²) in [4.78, 5) is 16.5. The van der Waals surface area contributed by atoms with Crippen molar-refractivity contribution in [2.45, 2.75) is 32.4 Å². The van der Waals surface area contributed by atoms with Crippen LogP contribution in [0, 0.1) is 6.92 Å². The predicted octanol–water partition coefficient (Wildman–Crippen LogP) is 2.75. The number of nitrogens with one attached hydrogen (secondary N) is 1. The Kier molecular flexibility index (Phi) is 4.87. The first kappa shape index (κ1) is 14.7. The fourth-order valence-corrected chi connectivity index (χ4v) is 2.84. The second-order valence-electron chi connectivity index (χ2n) is 4.61. The molecule has 5 heteroatoms. The fourth-order valence-electron chi connectivity index (χ4n) is 1.91. The smallest absolute Gasteiger partial charge is 0.254 e. The number of rotatable bonds is 5. The lowest BCUT2D eigenvalue weighted by Gasteiger charge is -2.17. The molecule has 20 heavy (non-hydrogen) atoms. The van der Waals surface area contributed by atoms with Gasteiger partial charge in [0.2, 0.25) is 0 Å². The Bertz CT molecular complexity index is 568. The molecule has 0 saturated heterocycles. The van der Waals surface area contributed by atoms with Crippen molar-refractivity contribution in [3.05, 3.63) is 52.0 Å². The van der Waals surface area contributed by atoms with E-state index < -0.39 is 12.0 Å². The van der Waals surface area contributed by atoms with Crippen molar-refractivity contribution in [1.82, 2.24) is 10.3 Å². The summed E-state index contributed by atoms with van der Waals surface area (Å²) >= 11 is 1.52. The highest BCUT2D eigenvalue weighted by atomic mass is 32.1. The van der Waals surface area contributed by atoms with Gasteiger partial charge in [-0.15, -0.1) is 11.3 Å². The van der Waals surface area contributed by atoms with Gasteiger partial charge in [-0.25, -0.2) is 4.98 Å². The minimum absolute atomic E-state index is 0.153. The van der Waals surface area contributed by atoms with Crippen LogP contribution in [0.1, 0.15) is 41.8 Å². The van der Waals surface area contributed by atoms with Crippen molar-refractivity contribution >= 4 is 17.2 Å². The molecule has 0 aliphatic carbocycles. The fraction of sp³-hybridized carbons (Fsp3) is 0.333. The molecule has 2 aromatic rings. The molecular formula is C15H18N2O2S. The molecule has 0 spiro atoms. The van der Waals surface area contributed by atoms with E-state index in [4.69, 9.17) is 0 Å². The Labute approximate surface area is 122 Å². The van der Waals surface area contributed by atoms with Crippen LogP contribution in [0.2, 0.25) is 0 Å². The predicted molar refractivity (Wildman–Crippen MR) is 79.4 cm³/mol. The van der Waals surface area contributed by atoms with E-state index in [1.54, 1.807) is 24.3 Å². The number of aromatic nitrogens is 1. The lowest BCUT2D eigenvalue weighted by Crippen LogP contribution is -2.32. The van der Waals surface area contributed by atoms with Crippen LogP contribution in [0.5, 0.6) is 0 Å². The molecule has 4 nitrogen and oxygen atoms in total. The van der Waals surface area contributed by atoms with Gasteiger partial charge in [-0.1, -0.05) is 37.3 Å². The van der Waals surface area contributed by atoms with Crippen molar-refractivity contribution < 1.29 is 9.90 Å². The summed E-state index contributed by atoms with van der Waals surface area (Å²) < 4.78 is 0. The minimum Gasteiger partial charge on any atom is -0.378 e. The number of hydrogen-bond acceptors (Lipinski definition) is 4. The average molecular weight is 290 g/mol. The molecule has 2 rings (SSSR count). The van der Waals surface area contributed by atoms with Crippen LogP contribution < -0.4 is 5.32 Å². The van der Waals surface area contributed by atoms with Gasteiger partial charge in [0.15, 0.2) is 6.10 Å². The summed E-state index contributed by atoms with van der Waals surface area (Å²) in [6, 6.07) is 8.76. The molecule has 0 radical (unpaired) electrons. The van der Waals surface area contributed by atoms with Crippen molar-refractivity contribution in [3.63, 3.8) is 0 Å². The van der Waals surface area contributed by atoms with Crippen LogP contribution in [0.4, 0.5) is 0 Å². The number of carbonyl (C=O) groups excluding carboxylic acids is 1. The van der Waals surface area contributed by atoms with Gasteiger partial charge in [0, 0.05) is 11.1 Å². The standard InChI is InChI=1S/C15H18N2O2S/c1-3-12(15-16-10(2)9-20-15)17-14(19)13(18)11-7-5-4-6-8-11/h4-9,12-13,18H,3H2,1-2H3,(H,17,19). The number of carbonyl (C=O) groups is 1. The van der Waals surface area contributed by atoms with Crippen LogP contribution >= 0.6 is 11.3 Å². The zero-order valence-corrected chi connectivity index (χ0v) is 12.4. The molecule has 0 aliphatic rings. The van der Waals surface area contributed by atoms with Gasteiger partial charge in [0.1, 0.15) is 5.01 Å². The van der Waals surface area contributed by atoms with Gasteiger partial charge in [-0.2, -0.15) is 0 Å². The number of aliphatic hydroxyl groups excluding tert-OH is 1. The minimum atomic E-state index is -1.15. The van der Waals surface area contributed by atoms with E-state index in [0.717, 1.165) is 17.1 Å². The SMILES string of the molecule is CCC(NC(=O)C(O)c1ccccc1)c1nc(C)cs1. The second-order valence-corrected chi connectivity index (χ2v) is 5.50. The van der Waals surface area contributed by atoms with E-state index in [2.05, 4.69) is 10.3 Å². The highest BCUT2D eigenvalue weighted by Crippen LogP contribution is 2.22. The molecule has 2 N–H and O–H groups in total. The van der Waals surface area contributed by atoms with Crippen LogP contribution in [-0.4, -0.2) is 16.0 Å². The number of benzene rings is 1. The molecule has 1 heterocycles. The molecular weight excluding hydrogens is 272 g/mol. The van der Waals surface area contributed by atoms with Crippen molar-refractivity contribution in [2.75, 3.05) is 0 Å². The van der Waals surface area contributed by atoms with E-state index in [0.29, 0.717) is 5.56 Å². The Hall–Kier alpha value is -1.72. The van der Waals surface area contributed by atoms with E-state index in [1.807, 2.05) is 25.3 Å². The molecule has 0 aliphatic heterocycles. The van der Waals surface area contributed by atoms with Crippen LogP contribution in [-0.2, 0) is 4.79 Å². The van der Waals surface area contributed by atoms with Gasteiger partial charge in [-0.05, 0) is 18.9 Å². The molecule has 2 unspecified atom stereocenters. The quantitative estimate of drug-likeness (QED) is 0.890. The molecule has 0 bridgehead atoms. The Balaban J connectivity index is 2.06. The van der Waals surface area contributed by atoms with E-state index >= 15 is 0 Å². The molecule has 1 aromatic carbocycles. The Morgan fingerprint density at radius 2 is 2.10 bits per heavy atom. The third-order valence-corrected chi connectivity index (χ3v) is 4.10. The lowest BCUT2D eigenvalue weighted by molar-refractivity contribution is -0.130. The monoisotopic (exact) mass is 290 g/mol.